The molecule has 1 aromatic carbocycles. The molecule has 0 bridgehead atoms. The molecule has 0 saturated carbocycles. The molecule has 1 heterocycles. The maximum absolute atomic E-state index is 9.00. The third-order valence-corrected chi connectivity index (χ3v) is 4.00. The van der Waals surface area contributed by atoms with Crippen LogP contribution in [0.25, 0.3) is 0 Å². The van der Waals surface area contributed by atoms with Crippen LogP contribution >= 0.6 is 0 Å². The molecular weight excluding hydrogens is 238 g/mol. The van der Waals surface area contributed by atoms with Crippen molar-refractivity contribution >= 4 is 5.84 Å². The highest BCUT2D eigenvalue weighted by molar-refractivity contribution is 5.87. The van der Waals surface area contributed by atoms with E-state index in [0.29, 0.717) is 6.04 Å². The largest absolute Gasteiger partial charge is 0.409 e. The van der Waals surface area contributed by atoms with Crippen molar-refractivity contribution in [3.8, 4) is 0 Å². The molecule has 1 aliphatic heterocycles. The van der Waals surface area contributed by atoms with E-state index in [9.17, 15) is 0 Å². The van der Waals surface area contributed by atoms with Crippen molar-refractivity contribution in [1.29, 1.82) is 0 Å². The highest BCUT2D eigenvalue weighted by atomic mass is 16.4. The molecule has 0 aromatic heterocycles. The van der Waals surface area contributed by atoms with Crippen LogP contribution < -0.4 is 5.73 Å². The lowest BCUT2D eigenvalue weighted by Gasteiger charge is -2.26. The van der Waals surface area contributed by atoms with Crippen LogP contribution in [-0.4, -0.2) is 35.1 Å². The van der Waals surface area contributed by atoms with Gasteiger partial charge in [-0.2, -0.15) is 0 Å². The smallest absolute Gasteiger partial charge is 0.147 e. The molecule has 4 nitrogen and oxygen atoms in total. The Bertz CT molecular complexity index is 432. The van der Waals surface area contributed by atoms with E-state index in [1.54, 1.807) is 0 Å². The Morgan fingerprint density at radius 2 is 2.11 bits per heavy atom. The number of hydrogen-bond donors (Lipinski definition) is 2. The predicted octanol–water partition coefficient (Wildman–Crippen LogP) is 2.25. The summed E-state index contributed by atoms with van der Waals surface area (Å²) in [6, 6.07) is 10.6. The van der Waals surface area contributed by atoms with Crippen molar-refractivity contribution in [2.45, 2.75) is 32.2 Å². The SMILES string of the molecule is CC1CC(C)N(CC(/C(N)=N/O)c2ccccc2)C1. The third-order valence-electron chi connectivity index (χ3n) is 4.00. The molecule has 0 aliphatic carbocycles. The minimum Gasteiger partial charge on any atom is -0.409 e. The first-order valence-corrected chi connectivity index (χ1v) is 6.88. The first-order chi connectivity index (χ1) is 9.11. The van der Waals surface area contributed by atoms with Crippen molar-refractivity contribution in [2.24, 2.45) is 16.8 Å². The van der Waals surface area contributed by atoms with E-state index in [2.05, 4.69) is 23.9 Å². The molecule has 0 amide bonds. The van der Waals surface area contributed by atoms with Crippen LogP contribution in [0.2, 0.25) is 0 Å². The fourth-order valence-corrected chi connectivity index (χ4v) is 3.00. The molecule has 1 aromatic rings. The molecule has 19 heavy (non-hydrogen) atoms. The molecule has 1 aliphatic rings. The average Bonchev–Trinajstić information content (AvgIpc) is 2.74. The molecule has 1 fully saturated rings. The molecule has 3 unspecified atom stereocenters. The number of amidine groups is 1. The van der Waals surface area contributed by atoms with Gasteiger partial charge in [0.05, 0.1) is 5.92 Å². The van der Waals surface area contributed by atoms with Gasteiger partial charge in [0, 0.05) is 19.1 Å². The fourth-order valence-electron chi connectivity index (χ4n) is 3.00. The zero-order valence-corrected chi connectivity index (χ0v) is 11.7. The zero-order valence-electron chi connectivity index (χ0n) is 11.7. The van der Waals surface area contributed by atoms with Gasteiger partial charge in [-0.3, -0.25) is 4.90 Å². The summed E-state index contributed by atoms with van der Waals surface area (Å²) in [5.74, 6) is 0.968. The van der Waals surface area contributed by atoms with Crippen molar-refractivity contribution in [3.63, 3.8) is 0 Å². The first-order valence-electron chi connectivity index (χ1n) is 6.88. The van der Waals surface area contributed by atoms with Crippen LogP contribution in [0.4, 0.5) is 0 Å². The van der Waals surface area contributed by atoms with E-state index >= 15 is 0 Å². The lowest BCUT2D eigenvalue weighted by molar-refractivity contribution is 0.258. The van der Waals surface area contributed by atoms with Crippen LogP contribution in [0.1, 0.15) is 31.7 Å². The topological polar surface area (TPSA) is 61.8 Å². The van der Waals surface area contributed by atoms with E-state index < -0.39 is 0 Å². The second-order valence-corrected chi connectivity index (χ2v) is 5.63. The summed E-state index contributed by atoms with van der Waals surface area (Å²) in [5, 5.41) is 12.2. The van der Waals surface area contributed by atoms with Crippen LogP contribution in [0.5, 0.6) is 0 Å². The Hall–Kier alpha value is -1.55. The molecule has 4 heteroatoms. The number of nitrogens with two attached hydrogens (primary N) is 1. The molecular formula is C15H23N3O. The maximum Gasteiger partial charge on any atom is 0.147 e. The van der Waals surface area contributed by atoms with E-state index in [-0.39, 0.29) is 11.8 Å². The highest BCUT2D eigenvalue weighted by Crippen LogP contribution is 2.26. The molecule has 2 rings (SSSR count). The minimum absolute atomic E-state index is 0.0426. The number of oxime groups is 1. The van der Waals surface area contributed by atoms with Crippen LogP contribution in [0.15, 0.2) is 35.5 Å². The molecule has 1 saturated heterocycles. The quantitative estimate of drug-likeness (QED) is 0.378. The molecule has 3 atom stereocenters. The number of nitrogens with zero attached hydrogens (tertiary/aromatic N) is 2. The van der Waals surface area contributed by atoms with Gasteiger partial charge in [0.1, 0.15) is 5.84 Å². The number of hydrogen-bond acceptors (Lipinski definition) is 3. The third kappa shape index (κ3) is 3.26. The average molecular weight is 261 g/mol. The Morgan fingerprint density at radius 1 is 1.42 bits per heavy atom. The summed E-state index contributed by atoms with van der Waals surface area (Å²) in [6.45, 7) is 6.42. The lowest BCUT2D eigenvalue weighted by atomic mass is 9.97. The van der Waals surface area contributed by atoms with E-state index in [1.807, 2.05) is 30.3 Å². The van der Waals surface area contributed by atoms with Crippen molar-refractivity contribution in [1.82, 2.24) is 4.90 Å². The zero-order chi connectivity index (χ0) is 13.8. The summed E-state index contributed by atoms with van der Waals surface area (Å²) in [7, 11) is 0. The van der Waals surface area contributed by atoms with E-state index in [0.717, 1.165) is 24.6 Å². The Balaban J connectivity index is 2.16. The summed E-state index contributed by atoms with van der Waals surface area (Å²) in [6.07, 6.45) is 1.22. The molecule has 0 spiro atoms. The molecule has 3 N–H and O–H groups in total. The normalized spacial score (nSPS) is 26.5. The van der Waals surface area contributed by atoms with Gasteiger partial charge in [-0.25, -0.2) is 0 Å². The van der Waals surface area contributed by atoms with E-state index in [4.69, 9.17) is 10.9 Å². The minimum atomic E-state index is -0.0426. The number of benzene rings is 1. The standard InChI is InChI=1S/C15H23N3O/c1-11-8-12(2)18(9-11)10-14(15(16)17-19)13-6-4-3-5-7-13/h3-7,11-12,14,19H,8-10H2,1-2H3,(H2,16,17). The first kappa shape index (κ1) is 13.9. The summed E-state index contributed by atoms with van der Waals surface area (Å²) in [4.78, 5) is 2.43. The second-order valence-electron chi connectivity index (χ2n) is 5.63. The Morgan fingerprint density at radius 3 is 2.63 bits per heavy atom. The van der Waals surface area contributed by atoms with Gasteiger partial charge < -0.3 is 10.9 Å². The van der Waals surface area contributed by atoms with Crippen LogP contribution in [0, 0.1) is 5.92 Å². The van der Waals surface area contributed by atoms with Gasteiger partial charge in [-0.05, 0) is 24.8 Å². The summed E-state index contributed by atoms with van der Waals surface area (Å²) in [5.41, 5.74) is 6.98. The predicted molar refractivity (Wildman–Crippen MR) is 77.4 cm³/mol. The van der Waals surface area contributed by atoms with E-state index in [1.165, 1.54) is 6.42 Å². The van der Waals surface area contributed by atoms with Gasteiger partial charge in [-0.1, -0.05) is 42.4 Å². The summed E-state index contributed by atoms with van der Waals surface area (Å²) < 4.78 is 0. The van der Waals surface area contributed by atoms with Crippen LogP contribution in [0.3, 0.4) is 0 Å². The van der Waals surface area contributed by atoms with Crippen molar-refractivity contribution in [3.05, 3.63) is 35.9 Å². The van der Waals surface area contributed by atoms with Gasteiger partial charge in [0.2, 0.25) is 0 Å². The monoisotopic (exact) mass is 261 g/mol. The van der Waals surface area contributed by atoms with Gasteiger partial charge in [-0.15, -0.1) is 0 Å². The highest BCUT2D eigenvalue weighted by Gasteiger charge is 2.29. The second kappa shape index (κ2) is 6.06. The van der Waals surface area contributed by atoms with Gasteiger partial charge in [0.15, 0.2) is 0 Å². The van der Waals surface area contributed by atoms with Crippen molar-refractivity contribution < 1.29 is 5.21 Å². The molecule has 0 radical (unpaired) electrons. The van der Waals surface area contributed by atoms with Crippen LogP contribution in [-0.2, 0) is 0 Å². The number of likely N-dealkylation sites (tertiary alicyclic amines) is 1. The van der Waals surface area contributed by atoms with Gasteiger partial charge >= 0.3 is 0 Å². The fraction of sp³-hybridized carbons (Fsp3) is 0.533. The lowest BCUT2D eigenvalue weighted by Crippen LogP contribution is -2.37. The number of rotatable bonds is 4. The summed E-state index contributed by atoms with van der Waals surface area (Å²) >= 11 is 0. The van der Waals surface area contributed by atoms with Gasteiger partial charge in [0.25, 0.3) is 0 Å². The molecule has 104 valence electrons. The Labute approximate surface area is 114 Å². The maximum atomic E-state index is 9.00. The Kier molecular flexibility index (Phi) is 4.43. The van der Waals surface area contributed by atoms with Crippen molar-refractivity contribution in [2.75, 3.05) is 13.1 Å².